The fourth-order valence-corrected chi connectivity index (χ4v) is 3.48. The summed E-state index contributed by atoms with van der Waals surface area (Å²) in [6, 6.07) is 0.359. The molecule has 2 unspecified atom stereocenters. The van der Waals surface area contributed by atoms with Crippen molar-refractivity contribution < 1.29 is 5.21 Å². The highest BCUT2D eigenvalue weighted by Gasteiger charge is 2.56. The molecule has 16 heavy (non-hydrogen) atoms. The first-order valence-corrected chi connectivity index (χ1v) is 6.07. The maximum Gasteiger partial charge on any atom is 0.0487 e. The molecular weight excluding hydrogens is 200 g/mol. The van der Waals surface area contributed by atoms with Crippen LogP contribution < -0.4 is 0 Å². The highest BCUT2D eigenvalue weighted by Crippen LogP contribution is 2.50. The summed E-state index contributed by atoms with van der Waals surface area (Å²) in [5.41, 5.74) is -0.416. The molecule has 89 valence electrons. The molecule has 0 aromatic rings. The first-order chi connectivity index (χ1) is 7.45. The van der Waals surface area contributed by atoms with Crippen LogP contribution in [-0.4, -0.2) is 40.2 Å². The third kappa shape index (κ3) is 1.69. The minimum absolute atomic E-state index is 0.208. The van der Waals surface area contributed by atoms with E-state index in [0.717, 1.165) is 25.7 Å². The Hall–Kier alpha value is -0.120. The fraction of sp³-hybridized carbons (Fsp3) is 0.846. The summed E-state index contributed by atoms with van der Waals surface area (Å²) in [5, 5.41) is 13.5. The Kier molecular flexibility index (Phi) is 3.06. The van der Waals surface area contributed by atoms with Gasteiger partial charge < -0.3 is 0 Å². The lowest BCUT2D eigenvalue weighted by molar-refractivity contribution is -0.275. The van der Waals surface area contributed by atoms with Gasteiger partial charge in [0.2, 0.25) is 0 Å². The minimum Gasteiger partial charge on any atom is -0.300 e. The topological polar surface area (TPSA) is 26.4 Å². The van der Waals surface area contributed by atoms with Gasteiger partial charge in [0.15, 0.2) is 0 Å². The van der Waals surface area contributed by atoms with Gasteiger partial charge in [-0.3, -0.25) is 4.90 Å². The highest BCUT2D eigenvalue weighted by molar-refractivity contribution is 5.09. The zero-order chi connectivity index (χ0) is 12.0. The molecule has 2 fully saturated rings. The molecule has 2 rings (SSSR count). The van der Waals surface area contributed by atoms with Gasteiger partial charge in [0, 0.05) is 30.2 Å². The lowest BCUT2D eigenvalue weighted by atomic mass is 9.83. The van der Waals surface area contributed by atoms with Gasteiger partial charge in [-0.05, 0) is 53.4 Å². The van der Waals surface area contributed by atoms with Crippen molar-refractivity contribution in [1.29, 1.82) is 0 Å². The van der Waals surface area contributed by atoms with Gasteiger partial charge in [-0.25, -0.2) is 0 Å². The van der Waals surface area contributed by atoms with Crippen LogP contribution in [0.2, 0.25) is 0 Å². The molecule has 0 aromatic heterocycles. The summed E-state index contributed by atoms with van der Waals surface area (Å²) >= 11 is 0. The molecule has 0 amide bonds. The molecule has 2 saturated heterocycles. The summed E-state index contributed by atoms with van der Waals surface area (Å²) in [6.07, 6.45) is 3.76. The van der Waals surface area contributed by atoms with Crippen molar-refractivity contribution in [3.8, 4) is 0 Å². The Morgan fingerprint density at radius 2 is 1.62 bits per heavy atom. The van der Waals surface area contributed by atoms with Gasteiger partial charge in [-0.15, -0.1) is 10.3 Å². The van der Waals surface area contributed by atoms with E-state index >= 15 is 0 Å². The van der Waals surface area contributed by atoms with Gasteiger partial charge >= 0.3 is 0 Å². The van der Waals surface area contributed by atoms with Crippen LogP contribution in [0.5, 0.6) is 0 Å². The quantitative estimate of drug-likeness (QED) is 0.727. The van der Waals surface area contributed by atoms with Gasteiger partial charge in [0.1, 0.15) is 0 Å². The summed E-state index contributed by atoms with van der Waals surface area (Å²) < 4.78 is 0. The number of fused-ring (bicyclic) bond motifs is 2. The lowest BCUT2D eigenvalue weighted by Gasteiger charge is -2.48. The molecule has 3 heteroatoms. The average molecular weight is 221 g/mol. The van der Waals surface area contributed by atoms with Crippen molar-refractivity contribution in [1.82, 2.24) is 9.96 Å². The zero-order valence-electron chi connectivity index (χ0n) is 10.3. The van der Waals surface area contributed by atoms with Crippen LogP contribution in [0, 0.1) is 13.8 Å². The first kappa shape index (κ1) is 12.3. The number of hydrogen-bond acceptors (Lipinski definition) is 2. The van der Waals surface area contributed by atoms with E-state index in [2.05, 4.69) is 18.7 Å². The Labute approximate surface area is 99.4 Å². The van der Waals surface area contributed by atoms with Gasteiger partial charge in [-0.2, -0.15) is 0 Å². The molecule has 2 aliphatic rings. The zero-order valence-corrected chi connectivity index (χ0v) is 10.3. The Morgan fingerprint density at radius 3 is 2.00 bits per heavy atom. The molecule has 0 saturated carbocycles. The van der Waals surface area contributed by atoms with Crippen molar-refractivity contribution in [3.05, 3.63) is 13.8 Å². The molecule has 2 bridgehead atoms. The summed E-state index contributed by atoms with van der Waals surface area (Å²) in [6.45, 7) is 16.5. The molecule has 0 aliphatic carbocycles. The molecular formula is C13H21N2O. The number of hydroxylamine groups is 2. The lowest BCUT2D eigenvalue weighted by Crippen LogP contribution is -2.59. The number of piperidine rings is 1. The standard InChI is InChI=1S/C13H21N2O/c1-5-14(6-2)11-9-12(3)7-8-13(4,10-11)15(12)16/h1-2,11H,5-10H2,3-4H3. The van der Waals surface area contributed by atoms with E-state index in [1.54, 1.807) is 0 Å². The van der Waals surface area contributed by atoms with E-state index in [0.29, 0.717) is 19.1 Å². The Morgan fingerprint density at radius 1 is 1.19 bits per heavy atom. The van der Waals surface area contributed by atoms with Gasteiger partial charge in [0.05, 0.1) is 0 Å². The van der Waals surface area contributed by atoms with Crippen molar-refractivity contribution in [3.63, 3.8) is 0 Å². The van der Waals surface area contributed by atoms with Crippen molar-refractivity contribution >= 4 is 0 Å². The molecule has 0 aromatic carbocycles. The van der Waals surface area contributed by atoms with Crippen LogP contribution >= 0.6 is 0 Å². The molecule has 2 aliphatic heterocycles. The molecule has 2 atom stereocenters. The predicted molar refractivity (Wildman–Crippen MR) is 61.8 cm³/mol. The van der Waals surface area contributed by atoms with Crippen LogP contribution in [0.1, 0.15) is 39.5 Å². The maximum absolute atomic E-state index is 12.2. The normalized spacial score (nSPS) is 44.2. The maximum atomic E-state index is 12.2. The predicted octanol–water partition coefficient (Wildman–Crippen LogP) is 1.83. The monoisotopic (exact) mass is 221 g/mol. The minimum atomic E-state index is -0.208. The van der Waals surface area contributed by atoms with E-state index in [1.165, 1.54) is 5.06 Å². The van der Waals surface area contributed by atoms with E-state index in [-0.39, 0.29) is 11.1 Å². The van der Waals surface area contributed by atoms with Crippen LogP contribution in [0.4, 0.5) is 0 Å². The van der Waals surface area contributed by atoms with Crippen LogP contribution in [0.25, 0.3) is 0 Å². The van der Waals surface area contributed by atoms with E-state index < -0.39 is 0 Å². The van der Waals surface area contributed by atoms with Gasteiger partial charge in [0.25, 0.3) is 0 Å². The van der Waals surface area contributed by atoms with Crippen LogP contribution in [0.15, 0.2) is 0 Å². The van der Waals surface area contributed by atoms with Crippen LogP contribution in [0.3, 0.4) is 0 Å². The summed E-state index contributed by atoms with van der Waals surface area (Å²) in [4.78, 5) is 2.08. The van der Waals surface area contributed by atoms with E-state index in [9.17, 15) is 5.21 Å². The van der Waals surface area contributed by atoms with E-state index in [4.69, 9.17) is 13.8 Å². The molecule has 2 heterocycles. The number of hydrogen-bond donors (Lipinski definition) is 0. The third-order valence-corrected chi connectivity index (χ3v) is 4.52. The second kappa shape index (κ2) is 3.97. The Balaban J connectivity index is 2.18. The molecule has 0 spiro atoms. The smallest absolute Gasteiger partial charge is 0.0487 e. The van der Waals surface area contributed by atoms with Crippen LogP contribution in [-0.2, 0) is 5.21 Å². The Bertz CT molecular complexity index is 247. The molecule has 0 N–H and O–H groups in total. The second-order valence-corrected chi connectivity index (χ2v) is 5.80. The largest absolute Gasteiger partial charge is 0.300 e. The van der Waals surface area contributed by atoms with Crippen molar-refractivity contribution in [2.75, 3.05) is 13.1 Å². The fourth-order valence-electron chi connectivity index (χ4n) is 3.48. The molecule has 3 nitrogen and oxygen atoms in total. The molecule has 5 radical (unpaired) electrons. The summed E-state index contributed by atoms with van der Waals surface area (Å²) in [5.74, 6) is 0. The van der Waals surface area contributed by atoms with Crippen molar-refractivity contribution in [2.45, 2.75) is 56.7 Å². The highest BCUT2D eigenvalue weighted by atomic mass is 16.5. The van der Waals surface area contributed by atoms with Gasteiger partial charge in [-0.1, -0.05) is 0 Å². The van der Waals surface area contributed by atoms with Crippen molar-refractivity contribution in [2.24, 2.45) is 0 Å². The number of rotatable bonds is 3. The SMILES string of the molecule is [CH]CN(C[CH])C1CC2(C)CCC(C)(C1)N2[O]. The second-order valence-electron chi connectivity index (χ2n) is 5.80. The van der Waals surface area contributed by atoms with E-state index in [1.807, 2.05) is 0 Å². The third-order valence-electron chi connectivity index (χ3n) is 4.52. The first-order valence-electron chi connectivity index (χ1n) is 6.07. The summed E-state index contributed by atoms with van der Waals surface area (Å²) in [7, 11) is 0. The number of nitrogens with zero attached hydrogens (tertiary/aromatic N) is 2. The average Bonchev–Trinajstić information content (AvgIpc) is 2.39.